The molecule has 0 bridgehead atoms. The van der Waals surface area contributed by atoms with Crippen molar-refractivity contribution in [2.45, 2.75) is 13.0 Å². The first-order valence-electron chi connectivity index (χ1n) is 11.5. The van der Waals surface area contributed by atoms with Crippen LogP contribution in [-0.4, -0.2) is 40.0 Å². The van der Waals surface area contributed by atoms with E-state index in [1.807, 2.05) is 0 Å². The SMILES string of the molecule is COC(=O)[C@H](C)Oc1ccc([N+](=O)[O-])cc1C=Nn1c(-c2cc3cc(Cl)ccc3o2)nc2ccccc2c1=O. The van der Waals surface area contributed by atoms with Crippen LogP contribution in [0.4, 0.5) is 5.69 Å². The van der Waals surface area contributed by atoms with Crippen molar-refractivity contribution >= 4 is 51.3 Å². The minimum atomic E-state index is -1.01. The average molecular weight is 547 g/mol. The monoisotopic (exact) mass is 546 g/mol. The number of aromatic nitrogens is 2. The molecule has 0 aliphatic rings. The fourth-order valence-electron chi connectivity index (χ4n) is 3.90. The van der Waals surface area contributed by atoms with Crippen molar-refractivity contribution < 1.29 is 23.6 Å². The molecule has 0 aliphatic carbocycles. The Kier molecular flexibility index (Phi) is 6.82. The van der Waals surface area contributed by atoms with Crippen LogP contribution in [0.3, 0.4) is 0 Å². The predicted octanol–water partition coefficient (Wildman–Crippen LogP) is 5.19. The first-order chi connectivity index (χ1) is 18.7. The maximum atomic E-state index is 13.5. The van der Waals surface area contributed by atoms with E-state index in [2.05, 4.69) is 10.1 Å². The van der Waals surface area contributed by atoms with Gasteiger partial charge in [0, 0.05) is 28.1 Å². The van der Waals surface area contributed by atoms with Gasteiger partial charge in [0.05, 0.1) is 29.2 Å². The number of furan rings is 1. The highest BCUT2D eigenvalue weighted by Gasteiger charge is 2.20. The molecule has 0 unspecified atom stereocenters. The quantitative estimate of drug-likeness (QED) is 0.117. The lowest BCUT2D eigenvalue weighted by Gasteiger charge is -2.14. The first kappa shape index (κ1) is 25.6. The van der Waals surface area contributed by atoms with Gasteiger partial charge < -0.3 is 13.9 Å². The minimum absolute atomic E-state index is 0.0955. The van der Waals surface area contributed by atoms with E-state index in [9.17, 15) is 19.7 Å². The van der Waals surface area contributed by atoms with Crippen molar-refractivity contribution in [1.29, 1.82) is 0 Å². The Morgan fingerprint density at radius 1 is 1.18 bits per heavy atom. The fraction of sp³-hybridized carbons (Fsp3) is 0.111. The molecule has 0 saturated carbocycles. The number of halogens is 1. The van der Waals surface area contributed by atoms with Crippen LogP contribution < -0.4 is 10.3 Å². The standard InChI is InChI=1S/C27H19ClN4O7/c1-15(27(34)37-2)38-23-10-8-19(32(35)36)12-17(23)14-29-31-25(30-21-6-4-3-5-20(21)26(31)33)24-13-16-11-18(28)7-9-22(16)39-24/h3-15H,1-2H3/t15-/m0/s1. The van der Waals surface area contributed by atoms with Gasteiger partial charge in [0.2, 0.25) is 5.82 Å². The Morgan fingerprint density at radius 3 is 2.74 bits per heavy atom. The number of para-hydroxylation sites is 1. The predicted molar refractivity (Wildman–Crippen MR) is 144 cm³/mol. The van der Waals surface area contributed by atoms with Gasteiger partial charge in [-0.1, -0.05) is 23.7 Å². The lowest BCUT2D eigenvalue weighted by Crippen LogP contribution is -2.25. The smallest absolute Gasteiger partial charge is 0.346 e. The summed E-state index contributed by atoms with van der Waals surface area (Å²) in [4.78, 5) is 40.9. The lowest BCUT2D eigenvalue weighted by molar-refractivity contribution is -0.384. The van der Waals surface area contributed by atoms with Crippen molar-refractivity contribution in [2.24, 2.45) is 5.10 Å². The molecule has 0 spiro atoms. The molecule has 5 rings (SSSR count). The van der Waals surface area contributed by atoms with Crippen molar-refractivity contribution in [3.63, 3.8) is 0 Å². The Morgan fingerprint density at radius 2 is 1.97 bits per heavy atom. The number of ether oxygens (including phenoxy) is 2. The van der Waals surface area contributed by atoms with Gasteiger partial charge in [-0.2, -0.15) is 9.78 Å². The summed E-state index contributed by atoms with van der Waals surface area (Å²) in [7, 11) is 1.22. The van der Waals surface area contributed by atoms with E-state index in [0.717, 1.165) is 4.68 Å². The third-order valence-electron chi connectivity index (χ3n) is 5.81. The van der Waals surface area contributed by atoms with Gasteiger partial charge in [-0.25, -0.2) is 9.78 Å². The molecule has 1 atom stereocenters. The second kappa shape index (κ2) is 10.4. The number of carbonyl (C=O) groups excluding carboxylic acids is 1. The Labute approximate surface area is 225 Å². The number of methoxy groups -OCH3 is 1. The van der Waals surface area contributed by atoms with Crippen LogP contribution in [0.15, 0.2) is 81.0 Å². The van der Waals surface area contributed by atoms with Crippen molar-refractivity contribution in [2.75, 3.05) is 7.11 Å². The van der Waals surface area contributed by atoms with Crippen LogP contribution in [0.25, 0.3) is 33.5 Å². The fourth-order valence-corrected chi connectivity index (χ4v) is 4.08. The minimum Gasteiger partial charge on any atom is -0.478 e. The molecule has 0 fully saturated rings. The molecule has 0 amide bonds. The van der Waals surface area contributed by atoms with E-state index in [0.29, 0.717) is 26.9 Å². The van der Waals surface area contributed by atoms with Crippen LogP contribution in [0.2, 0.25) is 5.02 Å². The van der Waals surface area contributed by atoms with Crippen LogP contribution in [0.1, 0.15) is 12.5 Å². The number of non-ortho nitro benzene ring substituents is 1. The van der Waals surface area contributed by atoms with E-state index in [1.165, 1.54) is 38.4 Å². The number of nitro groups is 1. The molecule has 0 radical (unpaired) electrons. The normalized spacial score (nSPS) is 12.2. The average Bonchev–Trinajstić information content (AvgIpc) is 3.35. The van der Waals surface area contributed by atoms with Crippen LogP contribution in [0, 0.1) is 10.1 Å². The molecule has 39 heavy (non-hydrogen) atoms. The van der Waals surface area contributed by atoms with Crippen molar-refractivity contribution in [1.82, 2.24) is 9.66 Å². The summed E-state index contributed by atoms with van der Waals surface area (Å²) in [6, 6.07) is 17.3. The number of esters is 1. The zero-order valence-electron chi connectivity index (χ0n) is 20.5. The lowest BCUT2D eigenvalue weighted by atomic mass is 10.2. The molecule has 0 N–H and O–H groups in total. The third-order valence-corrected chi connectivity index (χ3v) is 6.04. The maximum Gasteiger partial charge on any atom is 0.346 e. The van der Waals surface area contributed by atoms with Gasteiger partial charge in [-0.15, -0.1) is 0 Å². The Balaban J connectivity index is 1.68. The number of carbonyl (C=O) groups is 1. The molecule has 196 valence electrons. The highest BCUT2D eigenvalue weighted by molar-refractivity contribution is 6.31. The van der Waals surface area contributed by atoms with Gasteiger partial charge in [0.15, 0.2) is 11.9 Å². The summed E-state index contributed by atoms with van der Waals surface area (Å²) in [5.74, 6) is -0.178. The molecule has 11 nitrogen and oxygen atoms in total. The molecule has 0 saturated heterocycles. The molecule has 2 heterocycles. The number of hydrogen-bond acceptors (Lipinski definition) is 9. The van der Waals surface area contributed by atoms with Gasteiger partial charge >= 0.3 is 5.97 Å². The first-order valence-corrected chi connectivity index (χ1v) is 11.9. The summed E-state index contributed by atoms with van der Waals surface area (Å²) < 4.78 is 17.3. The molecule has 2 aromatic heterocycles. The van der Waals surface area contributed by atoms with E-state index in [-0.39, 0.29) is 28.6 Å². The number of nitro benzene ring substituents is 1. The van der Waals surface area contributed by atoms with E-state index < -0.39 is 22.6 Å². The van der Waals surface area contributed by atoms with E-state index in [4.69, 9.17) is 25.5 Å². The van der Waals surface area contributed by atoms with Crippen LogP contribution >= 0.6 is 11.6 Å². The van der Waals surface area contributed by atoms with Gasteiger partial charge in [-0.3, -0.25) is 14.9 Å². The molecule has 12 heteroatoms. The summed E-state index contributed by atoms with van der Waals surface area (Å²) >= 11 is 6.12. The van der Waals surface area contributed by atoms with E-state index in [1.54, 1.807) is 48.5 Å². The van der Waals surface area contributed by atoms with Gasteiger partial charge in [-0.05, 0) is 49.4 Å². The molecule has 3 aromatic carbocycles. The molecule has 5 aromatic rings. The largest absolute Gasteiger partial charge is 0.478 e. The molecular formula is C27H19ClN4O7. The zero-order valence-corrected chi connectivity index (χ0v) is 21.3. The van der Waals surface area contributed by atoms with Crippen molar-refractivity contribution in [3.05, 3.63) is 97.8 Å². The number of fused-ring (bicyclic) bond motifs is 2. The third kappa shape index (κ3) is 5.07. The van der Waals surface area contributed by atoms with Crippen molar-refractivity contribution in [3.8, 4) is 17.3 Å². The number of hydrogen-bond donors (Lipinski definition) is 0. The highest BCUT2D eigenvalue weighted by Crippen LogP contribution is 2.29. The second-order valence-corrected chi connectivity index (χ2v) is 8.81. The Hall–Kier alpha value is -5.03. The Bertz CT molecular complexity index is 1840. The topological polar surface area (TPSA) is 139 Å². The number of benzene rings is 3. The van der Waals surface area contributed by atoms with E-state index >= 15 is 0 Å². The van der Waals surface area contributed by atoms with Crippen LogP contribution in [0.5, 0.6) is 5.75 Å². The maximum absolute atomic E-state index is 13.5. The molecular weight excluding hydrogens is 528 g/mol. The number of rotatable bonds is 7. The van der Waals surface area contributed by atoms with Gasteiger partial charge in [0.25, 0.3) is 11.2 Å². The highest BCUT2D eigenvalue weighted by atomic mass is 35.5. The summed E-state index contributed by atoms with van der Waals surface area (Å²) in [5.41, 5.74) is 0.351. The second-order valence-electron chi connectivity index (χ2n) is 8.37. The number of nitrogens with zero attached hydrogens (tertiary/aromatic N) is 4. The summed E-state index contributed by atoms with van der Waals surface area (Å²) in [6.07, 6.45) is 0.208. The summed E-state index contributed by atoms with van der Waals surface area (Å²) in [5, 5.41) is 17.3. The molecule has 0 aliphatic heterocycles. The van der Waals surface area contributed by atoms with Crippen LogP contribution in [-0.2, 0) is 9.53 Å². The van der Waals surface area contributed by atoms with Gasteiger partial charge in [0.1, 0.15) is 11.3 Å². The zero-order chi connectivity index (χ0) is 27.7. The summed E-state index contributed by atoms with van der Waals surface area (Å²) in [6.45, 7) is 1.47.